The molecule has 1 nitrogen and oxygen atoms in total. The Bertz CT molecular complexity index is 1140. The largest absolute Gasteiger partial charge is 0.317 e. The van der Waals surface area contributed by atoms with Gasteiger partial charge in [0.1, 0.15) is 0 Å². The molecule has 6 rings (SSSR count). The summed E-state index contributed by atoms with van der Waals surface area (Å²) in [5.74, 6) is 0. The lowest BCUT2D eigenvalue weighted by Crippen LogP contribution is -2.50. The second-order valence-corrected chi connectivity index (χ2v) is 11.7. The van der Waals surface area contributed by atoms with Gasteiger partial charge in [-0.1, -0.05) is 97.1 Å². The van der Waals surface area contributed by atoms with Gasteiger partial charge in [0, 0.05) is 5.41 Å². The van der Waals surface area contributed by atoms with E-state index in [1.165, 1.54) is 41.0 Å². The number of aryl methyl sites for hydroxylation is 1. The van der Waals surface area contributed by atoms with Crippen LogP contribution in [0, 0.1) is 0 Å². The highest BCUT2D eigenvalue weighted by Gasteiger charge is 2.55. The third kappa shape index (κ3) is 2.84. The number of hydrogen-bond acceptors (Lipinski definition) is 1. The van der Waals surface area contributed by atoms with Crippen LogP contribution < -0.4 is 16.3 Å². The number of fused-ring (bicyclic) bond motifs is 3. The Hall–Kier alpha value is -2.47. The molecule has 1 unspecified atom stereocenters. The highest BCUT2D eigenvalue weighted by molar-refractivity contribution is 7.74. The molecule has 0 amide bonds. The number of hydrogen-bond donors (Lipinski definition) is 1. The summed E-state index contributed by atoms with van der Waals surface area (Å²) < 4.78 is 0. The number of benzene rings is 3. The molecule has 3 aliphatic carbocycles. The van der Waals surface area contributed by atoms with Crippen LogP contribution >= 0.6 is 7.92 Å². The first kappa shape index (κ1) is 19.2. The number of rotatable bonds is 3. The van der Waals surface area contributed by atoms with E-state index in [1.807, 2.05) is 0 Å². The van der Waals surface area contributed by atoms with E-state index in [2.05, 4.69) is 97.1 Å². The van der Waals surface area contributed by atoms with Crippen LogP contribution in [0.2, 0.25) is 0 Å². The van der Waals surface area contributed by atoms with E-state index in [4.69, 9.17) is 5.73 Å². The second-order valence-electron chi connectivity index (χ2n) is 9.18. The van der Waals surface area contributed by atoms with Crippen molar-refractivity contribution in [2.24, 2.45) is 5.73 Å². The van der Waals surface area contributed by atoms with Gasteiger partial charge in [0.05, 0.1) is 5.28 Å². The van der Waals surface area contributed by atoms with Crippen LogP contribution in [0.5, 0.6) is 0 Å². The predicted molar refractivity (Wildman–Crippen MR) is 132 cm³/mol. The van der Waals surface area contributed by atoms with Gasteiger partial charge in [-0.25, -0.2) is 0 Å². The molecule has 0 fully saturated rings. The molecule has 0 radical (unpaired) electrons. The standard InChI is InChI=1S/C29H28NP/c30-29(31(24-12-3-1-4-13-24)25-14-5-2-6-15-25)19-9-11-23-18-21-28(27(23)29)20-17-22-10-7-8-16-26(22)28/h1-16H,17-21,30H2/t28-,29?/m0/s1. The molecule has 0 bridgehead atoms. The average molecular weight is 422 g/mol. The van der Waals surface area contributed by atoms with Crippen LogP contribution in [0.4, 0.5) is 0 Å². The highest BCUT2D eigenvalue weighted by Crippen LogP contribution is 2.64. The van der Waals surface area contributed by atoms with E-state index in [0.717, 1.165) is 12.8 Å². The first-order valence-corrected chi connectivity index (χ1v) is 12.7. The minimum Gasteiger partial charge on any atom is -0.317 e. The van der Waals surface area contributed by atoms with Crippen LogP contribution in [-0.2, 0) is 11.8 Å². The lowest BCUT2D eigenvalue weighted by atomic mass is 9.71. The Morgan fingerprint density at radius 2 is 1.32 bits per heavy atom. The van der Waals surface area contributed by atoms with Gasteiger partial charge in [0.25, 0.3) is 0 Å². The molecule has 3 aliphatic rings. The van der Waals surface area contributed by atoms with Crippen LogP contribution in [0.1, 0.15) is 36.8 Å². The smallest absolute Gasteiger partial charge is 0.0701 e. The van der Waals surface area contributed by atoms with Crippen molar-refractivity contribution < 1.29 is 0 Å². The van der Waals surface area contributed by atoms with Crippen molar-refractivity contribution in [2.75, 3.05) is 0 Å². The molecule has 3 aromatic rings. The fraction of sp³-hybridized carbons (Fsp3) is 0.241. The van der Waals surface area contributed by atoms with Crippen molar-refractivity contribution in [1.29, 1.82) is 0 Å². The summed E-state index contributed by atoms with van der Waals surface area (Å²) >= 11 is 0. The minimum atomic E-state index is -0.746. The zero-order valence-electron chi connectivity index (χ0n) is 17.8. The second kappa shape index (κ2) is 7.30. The van der Waals surface area contributed by atoms with Crippen molar-refractivity contribution in [3.63, 3.8) is 0 Å². The Kier molecular flexibility index (Phi) is 4.53. The molecule has 31 heavy (non-hydrogen) atoms. The quantitative estimate of drug-likeness (QED) is 0.539. The fourth-order valence-corrected chi connectivity index (χ4v) is 9.45. The number of allylic oxidation sites excluding steroid dienone is 2. The lowest BCUT2D eigenvalue weighted by molar-refractivity contribution is 0.450. The van der Waals surface area contributed by atoms with Gasteiger partial charge in [0.2, 0.25) is 0 Å². The molecule has 0 saturated heterocycles. The van der Waals surface area contributed by atoms with E-state index in [0.29, 0.717) is 0 Å². The van der Waals surface area contributed by atoms with Crippen LogP contribution in [0.25, 0.3) is 0 Å². The van der Waals surface area contributed by atoms with Crippen molar-refractivity contribution in [1.82, 2.24) is 0 Å². The van der Waals surface area contributed by atoms with Crippen LogP contribution in [0.15, 0.2) is 108 Å². The molecule has 0 aliphatic heterocycles. The third-order valence-electron chi connectivity index (χ3n) is 7.58. The fourth-order valence-electron chi connectivity index (χ4n) is 6.42. The van der Waals surface area contributed by atoms with Crippen molar-refractivity contribution in [3.05, 3.63) is 119 Å². The molecule has 2 atom stereocenters. The molecule has 0 heterocycles. The monoisotopic (exact) mass is 421 g/mol. The molecule has 154 valence electrons. The number of nitrogens with two attached hydrogens (primary N) is 1. The Morgan fingerprint density at radius 3 is 2.03 bits per heavy atom. The summed E-state index contributed by atoms with van der Waals surface area (Å²) in [5.41, 5.74) is 13.9. The Labute approximate surface area is 186 Å². The SMILES string of the molecule is NC1(P(c2ccccc2)c2ccccc2)CC=CC2=C1[C@]1(CC2)CCc2ccccc21. The van der Waals surface area contributed by atoms with E-state index in [-0.39, 0.29) is 10.7 Å². The highest BCUT2D eigenvalue weighted by atomic mass is 31.1. The van der Waals surface area contributed by atoms with Crippen molar-refractivity contribution in [2.45, 2.75) is 42.8 Å². The topological polar surface area (TPSA) is 26.0 Å². The van der Waals surface area contributed by atoms with E-state index in [9.17, 15) is 0 Å². The zero-order chi connectivity index (χ0) is 20.9. The van der Waals surface area contributed by atoms with Gasteiger partial charge in [-0.3, -0.25) is 0 Å². The lowest BCUT2D eigenvalue weighted by Gasteiger charge is -2.47. The van der Waals surface area contributed by atoms with Gasteiger partial charge >= 0.3 is 0 Å². The first-order chi connectivity index (χ1) is 15.2. The molecule has 0 aromatic heterocycles. The Balaban J connectivity index is 1.58. The molecule has 3 aromatic carbocycles. The normalized spacial score (nSPS) is 26.5. The van der Waals surface area contributed by atoms with E-state index in [1.54, 1.807) is 11.1 Å². The van der Waals surface area contributed by atoms with Gasteiger partial charge in [0.15, 0.2) is 0 Å². The van der Waals surface area contributed by atoms with Crippen LogP contribution in [-0.4, -0.2) is 5.28 Å². The maximum absolute atomic E-state index is 7.68. The third-order valence-corrected chi connectivity index (χ3v) is 10.4. The maximum Gasteiger partial charge on any atom is 0.0701 e. The van der Waals surface area contributed by atoms with Crippen molar-refractivity contribution >= 4 is 18.5 Å². The molecule has 2 heteroatoms. The van der Waals surface area contributed by atoms with Gasteiger partial charge in [-0.2, -0.15) is 0 Å². The Morgan fingerprint density at radius 1 is 0.710 bits per heavy atom. The summed E-state index contributed by atoms with van der Waals surface area (Å²) in [5, 5.41) is 2.39. The molecular formula is C29H28NP. The summed E-state index contributed by atoms with van der Waals surface area (Å²) in [7, 11) is -0.746. The summed E-state index contributed by atoms with van der Waals surface area (Å²) in [6.07, 6.45) is 10.4. The van der Waals surface area contributed by atoms with E-state index < -0.39 is 7.92 Å². The molecule has 1 spiro atoms. The zero-order valence-corrected chi connectivity index (χ0v) is 18.7. The molecule has 2 N–H and O–H groups in total. The molecule has 0 saturated carbocycles. The average Bonchev–Trinajstić information content (AvgIpc) is 3.39. The molecular weight excluding hydrogens is 393 g/mol. The summed E-state index contributed by atoms with van der Waals surface area (Å²) in [6.45, 7) is 0. The van der Waals surface area contributed by atoms with Gasteiger partial charge in [-0.05, 0) is 72.9 Å². The minimum absolute atomic E-state index is 0.107. The first-order valence-electron chi connectivity index (χ1n) is 11.4. The van der Waals surface area contributed by atoms with E-state index >= 15 is 0 Å². The van der Waals surface area contributed by atoms with Gasteiger partial charge < -0.3 is 5.73 Å². The maximum atomic E-state index is 7.68. The van der Waals surface area contributed by atoms with Gasteiger partial charge in [-0.15, -0.1) is 0 Å². The predicted octanol–water partition coefficient (Wildman–Crippen LogP) is 5.71. The summed E-state index contributed by atoms with van der Waals surface area (Å²) in [4.78, 5) is 0. The van der Waals surface area contributed by atoms with Crippen LogP contribution in [0.3, 0.4) is 0 Å². The van der Waals surface area contributed by atoms with Crippen molar-refractivity contribution in [3.8, 4) is 0 Å². The summed E-state index contributed by atoms with van der Waals surface area (Å²) in [6, 6.07) is 31.2.